The molecule has 0 saturated heterocycles. The summed E-state index contributed by atoms with van der Waals surface area (Å²) in [5.41, 5.74) is -0.305. The molecule has 0 aliphatic heterocycles. The number of hydrogen-bond donors (Lipinski definition) is 1. The summed E-state index contributed by atoms with van der Waals surface area (Å²) >= 11 is 11.5. The van der Waals surface area contributed by atoms with Gasteiger partial charge in [-0.3, -0.25) is 14.9 Å². The number of halogens is 2. The van der Waals surface area contributed by atoms with E-state index in [1.807, 2.05) is 13.8 Å². The standard InChI is InChI=1S/C12H14Cl2N2O3/c1-12(2,6-13)7-15-11(17)8-3-9(14)5-10(4-8)16(18)19/h3-5H,6-7H2,1-2H3,(H,15,17). The summed E-state index contributed by atoms with van der Waals surface area (Å²) in [7, 11) is 0. The molecular formula is C12H14Cl2N2O3. The highest BCUT2D eigenvalue weighted by atomic mass is 35.5. The Morgan fingerprint density at radius 1 is 1.42 bits per heavy atom. The Bertz CT molecular complexity index is 504. The molecule has 1 aromatic rings. The lowest BCUT2D eigenvalue weighted by Crippen LogP contribution is -2.35. The Hall–Kier alpha value is -1.33. The van der Waals surface area contributed by atoms with Crippen LogP contribution in [0.5, 0.6) is 0 Å². The third-order valence-electron chi connectivity index (χ3n) is 2.44. The number of nitrogens with zero attached hydrogens (tertiary/aromatic N) is 1. The van der Waals surface area contributed by atoms with Gasteiger partial charge < -0.3 is 5.32 Å². The van der Waals surface area contributed by atoms with Crippen molar-refractivity contribution in [2.75, 3.05) is 12.4 Å². The van der Waals surface area contributed by atoms with Gasteiger partial charge in [-0.2, -0.15) is 0 Å². The second kappa shape index (κ2) is 6.21. The number of nitrogens with one attached hydrogen (secondary N) is 1. The van der Waals surface area contributed by atoms with Crippen LogP contribution in [0.2, 0.25) is 5.02 Å². The minimum atomic E-state index is -0.592. The van der Waals surface area contributed by atoms with Gasteiger partial charge in [0.25, 0.3) is 11.6 Å². The molecule has 104 valence electrons. The largest absolute Gasteiger partial charge is 0.351 e. The molecule has 7 heteroatoms. The summed E-state index contributed by atoms with van der Waals surface area (Å²) < 4.78 is 0. The van der Waals surface area contributed by atoms with Crippen LogP contribution in [0.15, 0.2) is 18.2 Å². The molecule has 0 bridgehead atoms. The number of rotatable bonds is 5. The zero-order valence-corrected chi connectivity index (χ0v) is 12.1. The molecule has 5 nitrogen and oxygen atoms in total. The minimum Gasteiger partial charge on any atom is -0.351 e. The van der Waals surface area contributed by atoms with Crippen molar-refractivity contribution in [1.82, 2.24) is 5.32 Å². The van der Waals surface area contributed by atoms with Gasteiger partial charge in [0.05, 0.1) is 4.92 Å². The summed E-state index contributed by atoms with van der Waals surface area (Å²) in [5.74, 6) is -0.0213. The first-order chi connectivity index (χ1) is 8.75. The van der Waals surface area contributed by atoms with E-state index in [9.17, 15) is 14.9 Å². The number of amides is 1. The van der Waals surface area contributed by atoms with Gasteiger partial charge in [-0.25, -0.2) is 0 Å². The van der Waals surface area contributed by atoms with Crippen molar-refractivity contribution in [1.29, 1.82) is 0 Å². The maximum atomic E-state index is 11.9. The Morgan fingerprint density at radius 3 is 2.58 bits per heavy atom. The van der Waals surface area contributed by atoms with Gasteiger partial charge in [-0.1, -0.05) is 25.4 Å². The smallest absolute Gasteiger partial charge is 0.271 e. The van der Waals surface area contributed by atoms with E-state index in [0.717, 1.165) is 0 Å². The number of benzene rings is 1. The Kier molecular flexibility index (Phi) is 5.14. The zero-order valence-electron chi connectivity index (χ0n) is 10.6. The first kappa shape index (κ1) is 15.7. The number of nitro groups is 1. The van der Waals surface area contributed by atoms with Gasteiger partial charge in [0, 0.05) is 35.1 Å². The second-order valence-corrected chi connectivity index (χ2v) is 5.64. The second-order valence-electron chi connectivity index (χ2n) is 4.94. The van der Waals surface area contributed by atoms with E-state index in [1.54, 1.807) is 0 Å². The number of hydrogen-bond acceptors (Lipinski definition) is 3. The third-order valence-corrected chi connectivity index (χ3v) is 3.39. The topological polar surface area (TPSA) is 72.2 Å². The molecule has 0 aliphatic rings. The summed E-state index contributed by atoms with van der Waals surface area (Å²) in [6, 6.07) is 3.77. The average molecular weight is 305 g/mol. The molecule has 1 amide bonds. The van der Waals surface area contributed by atoms with Crippen molar-refractivity contribution in [2.45, 2.75) is 13.8 Å². The molecule has 0 heterocycles. The van der Waals surface area contributed by atoms with Gasteiger partial charge in [0.15, 0.2) is 0 Å². The van der Waals surface area contributed by atoms with Crippen molar-refractivity contribution in [3.05, 3.63) is 38.9 Å². The van der Waals surface area contributed by atoms with E-state index in [0.29, 0.717) is 12.4 Å². The lowest BCUT2D eigenvalue weighted by Gasteiger charge is -2.21. The first-order valence-corrected chi connectivity index (χ1v) is 6.45. The van der Waals surface area contributed by atoms with E-state index in [1.165, 1.54) is 18.2 Å². The predicted octanol–water partition coefficient (Wildman–Crippen LogP) is 3.24. The molecule has 1 rings (SSSR count). The number of nitro benzene ring substituents is 1. The molecule has 0 atom stereocenters. The highest BCUT2D eigenvalue weighted by molar-refractivity contribution is 6.31. The van der Waals surface area contributed by atoms with Gasteiger partial charge in [0.1, 0.15) is 0 Å². The van der Waals surface area contributed by atoms with Crippen LogP contribution in [0.4, 0.5) is 5.69 Å². The third kappa shape index (κ3) is 4.69. The number of carbonyl (C=O) groups excluding carboxylic acids is 1. The van der Waals surface area contributed by atoms with Crippen LogP contribution in [0.1, 0.15) is 24.2 Å². The van der Waals surface area contributed by atoms with Crippen LogP contribution in [0.25, 0.3) is 0 Å². The van der Waals surface area contributed by atoms with Crippen molar-refractivity contribution in [2.24, 2.45) is 5.41 Å². The van der Waals surface area contributed by atoms with Crippen molar-refractivity contribution >= 4 is 34.8 Å². The summed E-state index contributed by atoms with van der Waals surface area (Å²) in [4.78, 5) is 22.0. The lowest BCUT2D eigenvalue weighted by molar-refractivity contribution is -0.384. The Labute approximate surface area is 121 Å². The number of alkyl halides is 1. The fourth-order valence-corrected chi connectivity index (χ4v) is 1.60. The molecule has 19 heavy (non-hydrogen) atoms. The molecule has 1 N–H and O–H groups in total. The molecule has 0 aliphatic carbocycles. The SMILES string of the molecule is CC(C)(CCl)CNC(=O)c1cc(Cl)cc([N+](=O)[O-])c1. The first-order valence-electron chi connectivity index (χ1n) is 5.54. The maximum absolute atomic E-state index is 11.9. The van der Waals surface area contributed by atoms with Crippen LogP contribution in [0, 0.1) is 15.5 Å². The summed E-state index contributed by atoms with van der Waals surface area (Å²) in [6.45, 7) is 4.18. The highest BCUT2D eigenvalue weighted by Gasteiger charge is 2.19. The molecular weight excluding hydrogens is 291 g/mol. The zero-order chi connectivity index (χ0) is 14.6. The quantitative estimate of drug-likeness (QED) is 0.515. The fourth-order valence-electron chi connectivity index (χ4n) is 1.28. The molecule has 1 aromatic carbocycles. The maximum Gasteiger partial charge on any atom is 0.271 e. The number of non-ortho nitro benzene ring substituents is 1. The van der Waals surface area contributed by atoms with Crippen LogP contribution in [-0.2, 0) is 0 Å². The van der Waals surface area contributed by atoms with Gasteiger partial charge in [-0.05, 0) is 11.5 Å². The van der Waals surface area contributed by atoms with E-state index in [4.69, 9.17) is 23.2 Å². The van der Waals surface area contributed by atoms with Gasteiger partial charge in [0.2, 0.25) is 0 Å². The Morgan fingerprint density at radius 2 is 2.05 bits per heavy atom. The molecule has 0 spiro atoms. The van der Waals surface area contributed by atoms with Crippen LogP contribution in [0.3, 0.4) is 0 Å². The van der Waals surface area contributed by atoms with Crippen LogP contribution < -0.4 is 5.32 Å². The molecule has 0 aromatic heterocycles. The molecule has 0 saturated carbocycles. The average Bonchev–Trinajstić information content (AvgIpc) is 2.35. The molecule has 0 unspecified atom stereocenters. The lowest BCUT2D eigenvalue weighted by atomic mass is 9.96. The van der Waals surface area contributed by atoms with Crippen molar-refractivity contribution < 1.29 is 9.72 Å². The predicted molar refractivity (Wildman–Crippen MR) is 74.9 cm³/mol. The van der Waals surface area contributed by atoms with E-state index in [-0.39, 0.29) is 21.7 Å². The van der Waals surface area contributed by atoms with E-state index in [2.05, 4.69) is 5.32 Å². The number of carbonyl (C=O) groups is 1. The fraction of sp³-hybridized carbons (Fsp3) is 0.417. The van der Waals surface area contributed by atoms with Gasteiger partial charge in [-0.15, -0.1) is 11.6 Å². The van der Waals surface area contributed by atoms with Crippen molar-refractivity contribution in [3.8, 4) is 0 Å². The molecule has 0 radical (unpaired) electrons. The summed E-state index contributed by atoms with van der Waals surface area (Å²) in [5, 5.41) is 13.5. The van der Waals surface area contributed by atoms with E-state index >= 15 is 0 Å². The normalized spacial score (nSPS) is 11.2. The molecule has 0 fully saturated rings. The summed E-state index contributed by atoms with van der Waals surface area (Å²) in [6.07, 6.45) is 0. The Balaban J connectivity index is 2.85. The minimum absolute atomic E-state index is 0.149. The van der Waals surface area contributed by atoms with Crippen molar-refractivity contribution in [3.63, 3.8) is 0 Å². The van der Waals surface area contributed by atoms with Gasteiger partial charge >= 0.3 is 0 Å². The van der Waals surface area contributed by atoms with Crippen LogP contribution in [-0.4, -0.2) is 23.3 Å². The highest BCUT2D eigenvalue weighted by Crippen LogP contribution is 2.21. The van der Waals surface area contributed by atoms with E-state index < -0.39 is 10.8 Å². The monoisotopic (exact) mass is 304 g/mol. The van der Waals surface area contributed by atoms with Crippen LogP contribution >= 0.6 is 23.2 Å².